The largest absolute Gasteiger partial charge is 0.208 e. The molecule has 0 fully saturated rings. The lowest BCUT2D eigenvalue weighted by molar-refractivity contribution is 0.769. The van der Waals surface area contributed by atoms with Crippen molar-refractivity contribution < 1.29 is 0 Å². The van der Waals surface area contributed by atoms with E-state index >= 15 is 0 Å². The SMILES string of the molecule is C[Si](C)(C)c1ccc(-c2nc(-c3ccc(-c4ccccc4)cc3)nc(-c3cccc(-c4cccc(-c5ccc6c(c5)C(c5ccccc5)(c5ccccc5)c5ccccc5-6)c4)c3)n2)cc1. The molecule has 3 nitrogen and oxygen atoms in total. The highest BCUT2D eigenvalue weighted by Gasteiger charge is 2.46. The Hall–Kier alpha value is -7.79. The zero-order chi connectivity index (χ0) is 44.0. The number of rotatable bonds is 9. The van der Waals surface area contributed by atoms with Crippen LogP contribution in [0.5, 0.6) is 0 Å². The second-order valence-electron chi connectivity index (χ2n) is 18.0. The minimum absolute atomic E-state index is 0.459. The van der Waals surface area contributed by atoms with Gasteiger partial charge in [-0.3, -0.25) is 0 Å². The molecule has 0 saturated carbocycles. The van der Waals surface area contributed by atoms with Crippen molar-refractivity contribution in [2.24, 2.45) is 0 Å². The number of aromatic nitrogens is 3. The molecule has 9 aromatic carbocycles. The maximum Gasteiger partial charge on any atom is 0.164 e. The average Bonchev–Trinajstić information content (AvgIpc) is 3.67. The number of fused-ring (bicyclic) bond motifs is 3. The van der Waals surface area contributed by atoms with Gasteiger partial charge in [-0.1, -0.05) is 237 Å². The summed E-state index contributed by atoms with van der Waals surface area (Å²) in [6, 6.07) is 83.3. The van der Waals surface area contributed by atoms with Crippen molar-refractivity contribution in [1.29, 1.82) is 0 Å². The molecule has 4 heteroatoms. The predicted octanol–water partition coefficient (Wildman–Crippen LogP) is 14.8. The Morgan fingerprint density at radius 3 is 1.25 bits per heavy atom. The topological polar surface area (TPSA) is 38.7 Å². The zero-order valence-corrected chi connectivity index (χ0v) is 37.8. The van der Waals surface area contributed by atoms with Crippen LogP contribution in [0, 0.1) is 0 Å². The van der Waals surface area contributed by atoms with Crippen LogP contribution < -0.4 is 5.19 Å². The maximum absolute atomic E-state index is 5.16. The van der Waals surface area contributed by atoms with E-state index in [4.69, 9.17) is 15.0 Å². The minimum Gasteiger partial charge on any atom is -0.208 e. The van der Waals surface area contributed by atoms with E-state index in [0.717, 1.165) is 38.9 Å². The summed E-state index contributed by atoms with van der Waals surface area (Å²) in [5.74, 6) is 1.94. The molecule has 1 heterocycles. The minimum atomic E-state index is -1.49. The molecule has 1 aliphatic carbocycles. The lowest BCUT2D eigenvalue weighted by Crippen LogP contribution is -2.37. The zero-order valence-electron chi connectivity index (χ0n) is 36.8. The smallest absolute Gasteiger partial charge is 0.164 e. The molecule has 0 aliphatic heterocycles. The third-order valence-corrected chi connectivity index (χ3v) is 15.1. The van der Waals surface area contributed by atoms with Crippen molar-refractivity contribution in [2.75, 3.05) is 0 Å². The fourth-order valence-electron chi connectivity index (χ4n) is 9.67. The Labute approximate surface area is 382 Å². The second kappa shape index (κ2) is 16.4. The van der Waals surface area contributed by atoms with Gasteiger partial charge in [-0.15, -0.1) is 0 Å². The predicted molar refractivity (Wildman–Crippen MR) is 273 cm³/mol. The summed E-state index contributed by atoms with van der Waals surface area (Å²) >= 11 is 0. The van der Waals surface area contributed by atoms with Crippen LogP contribution in [0.25, 0.3) is 78.7 Å². The monoisotopic (exact) mass is 849 g/mol. The molecule has 65 heavy (non-hydrogen) atoms. The Balaban J connectivity index is 0.993. The molecule has 0 radical (unpaired) electrons. The van der Waals surface area contributed by atoms with Crippen molar-refractivity contribution in [3.63, 3.8) is 0 Å². The van der Waals surface area contributed by atoms with Gasteiger partial charge in [0, 0.05) is 16.7 Å². The first-order valence-electron chi connectivity index (χ1n) is 22.4. The van der Waals surface area contributed by atoms with Crippen molar-refractivity contribution in [3.8, 4) is 78.7 Å². The maximum atomic E-state index is 5.16. The van der Waals surface area contributed by atoms with E-state index in [0.29, 0.717) is 17.5 Å². The van der Waals surface area contributed by atoms with Crippen molar-refractivity contribution in [2.45, 2.75) is 25.1 Å². The van der Waals surface area contributed by atoms with Crippen LogP contribution in [0.4, 0.5) is 0 Å². The second-order valence-corrected chi connectivity index (χ2v) is 23.1. The molecule has 10 aromatic rings. The Kier molecular flexibility index (Phi) is 10.1. The van der Waals surface area contributed by atoms with E-state index in [2.05, 4.69) is 244 Å². The summed E-state index contributed by atoms with van der Waals surface area (Å²) in [5, 5.41) is 1.40. The molecule has 0 saturated heterocycles. The Bertz CT molecular complexity index is 3280. The molecule has 0 atom stereocenters. The molecule has 0 unspecified atom stereocenters. The third kappa shape index (κ3) is 7.32. The summed E-state index contributed by atoms with van der Waals surface area (Å²) in [7, 11) is -1.49. The van der Waals surface area contributed by atoms with Gasteiger partial charge in [0.15, 0.2) is 17.5 Å². The van der Waals surface area contributed by atoms with Crippen LogP contribution in [-0.2, 0) is 5.41 Å². The molecule has 0 spiro atoms. The molecule has 11 rings (SSSR count). The van der Waals surface area contributed by atoms with E-state index in [1.807, 2.05) is 6.07 Å². The van der Waals surface area contributed by atoms with Crippen molar-refractivity contribution in [1.82, 2.24) is 15.0 Å². The van der Waals surface area contributed by atoms with Gasteiger partial charge in [-0.05, 0) is 85.0 Å². The van der Waals surface area contributed by atoms with Crippen LogP contribution in [0.1, 0.15) is 22.3 Å². The van der Waals surface area contributed by atoms with Crippen LogP contribution >= 0.6 is 0 Å². The normalized spacial score (nSPS) is 12.7. The summed E-state index contributed by atoms with van der Waals surface area (Å²) < 4.78 is 0. The fraction of sp³-hybridized carbons (Fsp3) is 0.0656. The van der Waals surface area contributed by atoms with E-state index in [9.17, 15) is 0 Å². The fourth-order valence-corrected chi connectivity index (χ4v) is 10.8. The highest BCUT2D eigenvalue weighted by atomic mass is 28.3. The highest BCUT2D eigenvalue weighted by Crippen LogP contribution is 2.56. The molecule has 0 bridgehead atoms. The molecule has 1 aromatic heterocycles. The molecule has 0 N–H and O–H groups in total. The van der Waals surface area contributed by atoms with Crippen LogP contribution in [-0.4, -0.2) is 23.0 Å². The quantitative estimate of drug-likeness (QED) is 0.136. The number of benzene rings is 9. The van der Waals surface area contributed by atoms with E-state index in [-0.39, 0.29) is 0 Å². The van der Waals surface area contributed by atoms with E-state index < -0.39 is 13.5 Å². The molecule has 0 amide bonds. The standard InChI is InChI=1S/C61H47N3Si/c1-65(2,3)53-36-33-45(34-37-53)59-62-58(44-31-29-43(30-32-44)42-17-7-4-8-18-42)63-60(64-59)50-22-16-21-48(40-50)46-19-15-20-47(39-46)49-35-38-55-54-27-13-14-28-56(54)61(57(55)41-49,51-23-9-5-10-24-51)52-25-11-6-12-26-52/h4-41H,1-3H3. The first-order chi connectivity index (χ1) is 31.8. The van der Waals surface area contributed by atoms with Gasteiger partial charge in [0.1, 0.15) is 0 Å². The van der Waals surface area contributed by atoms with Crippen LogP contribution in [0.3, 0.4) is 0 Å². The average molecular weight is 850 g/mol. The van der Waals surface area contributed by atoms with Crippen molar-refractivity contribution >= 4 is 13.3 Å². The van der Waals surface area contributed by atoms with E-state index in [1.54, 1.807) is 0 Å². The van der Waals surface area contributed by atoms with Gasteiger partial charge in [-0.2, -0.15) is 0 Å². The summed E-state index contributed by atoms with van der Waals surface area (Å²) in [6.45, 7) is 7.11. The van der Waals surface area contributed by atoms with Crippen molar-refractivity contribution in [3.05, 3.63) is 253 Å². The van der Waals surface area contributed by atoms with Gasteiger partial charge in [0.2, 0.25) is 0 Å². The first-order valence-corrected chi connectivity index (χ1v) is 25.9. The number of hydrogen-bond donors (Lipinski definition) is 0. The van der Waals surface area contributed by atoms with Crippen LogP contribution in [0.2, 0.25) is 19.6 Å². The van der Waals surface area contributed by atoms with Gasteiger partial charge in [0.05, 0.1) is 13.5 Å². The third-order valence-electron chi connectivity index (χ3n) is 13.0. The summed E-state index contributed by atoms with van der Waals surface area (Å²) in [4.78, 5) is 15.4. The lowest BCUT2D eigenvalue weighted by Gasteiger charge is -2.34. The van der Waals surface area contributed by atoms with Gasteiger partial charge in [0.25, 0.3) is 0 Å². The number of nitrogens with zero attached hydrogens (tertiary/aromatic N) is 3. The molecule has 1 aliphatic rings. The Morgan fingerprint density at radius 1 is 0.292 bits per heavy atom. The summed E-state index contributed by atoms with van der Waals surface area (Å²) in [6.07, 6.45) is 0. The van der Waals surface area contributed by atoms with Gasteiger partial charge in [-0.25, -0.2) is 15.0 Å². The van der Waals surface area contributed by atoms with Crippen LogP contribution in [0.15, 0.2) is 231 Å². The van der Waals surface area contributed by atoms with Gasteiger partial charge < -0.3 is 0 Å². The van der Waals surface area contributed by atoms with Gasteiger partial charge >= 0.3 is 0 Å². The lowest BCUT2D eigenvalue weighted by atomic mass is 9.67. The molecule has 310 valence electrons. The summed E-state index contributed by atoms with van der Waals surface area (Å²) in [5.41, 5.74) is 17.0. The highest BCUT2D eigenvalue weighted by molar-refractivity contribution is 6.88. The van der Waals surface area contributed by atoms with E-state index in [1.165, 1.54) is 49.7 Å². The first kappa shape index (κ1) is 40.0. The molecular formula is C61H47N3Si. The Morgan fingerprint density at radius 2 is 0.677 bits per heavy atom. The number of hydrogen-bond acceptors (Lipinski definition) is 3. The molecular weight excluding hydrogens is 803 g/mol.